The van der Waals surface area contributed by atoms with Gasteiger partial charge in [0.2, 0.25) is 0 Å². The molecule has 45 heavy (non-hydrogen) atoms. The van der Waals surface area contributed by atoms with Gasteiger partial charge in [-0.25, -0.2) is 0 Å². The second-order valence-electron chi connectivity index (χ2n) is 8.09. The van der Waals surface area contributed by atoms with Crippen molar-refractivity contribution in [1.82, 2.24) is 10.9 Å². The molecule has 0 aliphatic carbocycles. The second kappa shape index (κ2) is 23.8. The summed E-state index contributed by atoms with van der Waals surface area (Å²) >= 11 is 10.00. The molecule has 0 saturated heterocycles. The molecule has 0 aliphatic heterocycles. The number of thiocarbonyl (C=S) groups is 2. The summed E-state index contributed by atoms with van der Waals surface area (Å²) in [5.41, 5.74) is 13.8. The van der Waals surface area contributed by atoms with Gasteiger partial charge in [-0.3, -0.25) is 9.59 Å². The molecule has 0 aliphatic rings. The molecule has 0 heterocycles. The van der Waals surface area contributed by atoms with Crippen LogP contribution in [-0.2, 0) is 29.1 Å². The number of benzene rings is 4. The first kappa shape index (κ1) is 40.3. The first-order chi connectivity index (χ1) is 20.5. The average Bonchev–Trinajstić information content (AvgIpc) is 3.03. The standard InChI is InChI=1S/2C15H15N3O2S.2H2O.Ru/c2*19-14(11-20-13-9-5-2-6-10-13)17-18-15(21)16-12-7-3-1-4-8-12;;;/h2*1-10H,11H2,(H3,16,17,18,19,21);2*1H2;/q;;;;+2/p-2. The number of nitrogens with one attached hydrogen (secondary N) is 4. The minimum absolute atomic E-state index is 0. The van der Waals surface area contributed by atoms with Gasteiger partial charge in [-0.2, -0.15) is 0 Å². The zero-order valence-electron chi connectivity index (χ0n) is 23.7. The first-order valence-electron chi connectivity index (χ1n) is 12.5. The van der Waals surface area contributed by atoms with E-state index in [-0.39, 0.29) is 65.7 Å². The van der Waals surface area contributed by atoms with Crippen LogP contribution < -0.4 is 31.0 Å². The number of hydrogen-bond acceptors (Lipinski definition) is 6. The molecule has 2 amide bonds. The van der Waals surface area contributed by atoms with Gasteiger partial charge in [0.05, 0.1) is 0 Å². The number of rotatable bonds is 8. The Balaban J connectivity index is 0.000000807. The van der Waals surface area contributed by atoms with Gasteiger partial charge >= 0.3 is 19.5 Å². The van der Waals surface area contributed by atoms with Crippen molar-refractivity contribution in [2.75, 3.05) is 23.8 Å². The van der Waals surface area contributed by atoms with E-state index in [0.717, 1.165) is 11.4 Å². The Morgan fingerprint density at radius 3 is 1.13 bits per heavy atom. The third-order valence-corrected chi connectivity index (χ3v) is 5.23. The maximum Gasteiger partial charge on any atom is 2.00 e. The van der Waals surface area contributed by atoms with Crippen molar-refractivity contribution in [3.05, 3.63) is 132 Å². The molecule has 238 valence electrons. The Morgan fingerprint density at radius 1 is 0.533 bits per heavy atom. The summed E-state index contributed by atoms with van der Waals surface area (Å²) in [6, 6.07) is 36.8. The van der Waals surface area contributed by atoms with E-state index in [0.29, 0.717) is 11.5 Å². The second-order valence-corrected chi connectivity index (χ2v) is 8.86. The predicted molar refractivity (Wildman–Crippen MR) is 179 cm³/mol. The van der Waals surface area contributed by atoms with E-state index in [1.807, 2.05) is 97.1 Å². The smallest absolute Gasteiger partial charge is 0.484 e. The van der Waals surface area contributed by atoms with E-state index in [1.54, 1.807) is 24.3 Å². The van der Waals surface area contributed by atoms with Crippen LogP contribution in [0.3, 0.4) is 0 Å². The van der Waals surface area contributed by atoms with Crippen LogP contribution in [-0.4, -0.2) is 46.2 Å². The molecule has 15 heteroatoms. The van der Waals surface area contributed by atoms with Gasteiger partial charge in [-0.1, -0.05) is 121 Å². The van der Waals surface area contributed by atoms with Crippen molar-refractivity contribution in [2.24, 2.45) is 0 Å². The molecule has 4 aromatic carbocycles. The number of carbonyl (C=O) groups is 2. The molecule has 0 radical (unpaired) electrons. The van der Waals surface area contributed by atoms with Crippen LogP contribution >= 0.6 is 24.4 Å². The van der Waals surface area contributed by atoms with Gasteiger partial charge < -0.3 is 52.8 Å². The van der Waals surface area contributed by atoms with Crippen LogP contribution in [0.2, 0.25) is 0 Å². The number of hydrogen-bond donors (Lipinski definition) is 4. The summed E-state index contributed by atoms with van der Waals surface area (Å²) in [4.78, 5) is 23.1. The molecule has 8 N–H and O–H groups in total. The SMILES string of the molecule is O.O.O=C(COc1ccccc1)N[N-]C(=S)Nc1ccccc1.O=C(COc1ccccc1)N[N-]C(=S)Nc1ccccc1.[Ru+2]. The van der Waals surface area contributed by atoms with Gasteiger partial charge in [0.25, 0.3) is 11.8 Å². The zero-order chi connectivity index (χ0) is 29.8. The van der Waals surface area contributed by atoms with E-state index in [4.69, 9.17) is 33.9 Å². The number of para-hydroxylation sites is 4. The summed E-state index contributed by atoms with van der Waals surface area (Å²) in [7, 11) is 0. The third kappa shape index (κ3) is 17.9. The minimum Gasteiger partial charge on any atom is -0.484 e. The quantitative estimate of drug-likeness (QED) is 0.118. The van der Waals surface area contributed by atoms with Gasteiger partial charge in [-0.05, 0) is 35.6 Å². The van der Waals surface area contributed by atoms with Crippen LogP contribution in [0.1, 0.15) is 0 Å². The Hall–Kier alpha value is -4.66. The van der Waals surface area contributed by atoms with Crippen molar-refractivity contribution in [3.8, 4) is 11.5 Å². The number of amides is 2. The minimum atomic E-state index is -0.379. The van der Waals surface area contributed by atoms with Crippen molar-refractivity contribution in [1.29, 1.82) is 0 Å². The molecule has 0 bridgehead atoms. The van der Waals surface area contributed by atoms with Gasteiger partial charge in [0.15, 0.2) is 13.2 Å². The average molecular weight is 738 g/mol. The number of carbonyl (C=O) groups excluding carboxylic acids is 2. The number of nitrogens with zero attached hydrogens (tertiary/aromatic N) is 2. The summed E-state index contributed by atoms with van der Waals surface area (Å²) in [5.74, 6) is 0.488. The van der Waals surface area contributed by atoms with Crippen molar-refractivity contribution >= 4 is 57.8 Å². The molecule has 0 unspecified atom stereocenters. The van der Waals surface area contributed by atoms with Crippen molar-refractivity contribution < 1.29 is 49.5 Å². The molecule has 4 aromatic rings. The fourth-order valence-electron chi connectivity index (χ4n) is 2.97. The van der Waals surface area contributed by atoms with Crippen LogP contribution in [0.4, 0.5) is 11.4 Å². The molecule has 0 spiro atoms. The van der Waals surface area contributed by atoms with Crippen molar-refractivity contribution in [2.45, 2.75) is 0 Å². The summed E-state index contributed by atoms with van der Waals surface area (Å²) < 4.78 is 10.6. The third-order valence-electron chi connectivity index (χ3n) is 4.84. The molecule has 0 saturated carbocycles. The van der Waals surface area contributed by atoms with Crippen LogP contribution in [0.5, 0.6) is 11.5 Å². The molecule has 4 rings (SSSR count). The molecular formula is C30H32N6O6RuS2. The first-order valence-corrected chi connectivity index (χ1v) is 13.4. The molecule has 0 fully saturated rings. The summed E-state index contributed by atoms with van der Waals surface area (Å²) in [6.07, 6.45) is 0. The molecule has 12 nitrogen and oxygen atoms in total. The fraction of sp³-hybridized carbons (Fsp3) is 0.0667. The number of anilines is 2. The predicted octanol–water partition coefficient (Wildman–Crippen LogP) is 4.08. The van der Waals surface area contributed by atoms with Gasteiger partial charge in [-0.15, -0.1) is 0 Å². The van der Waals surface area contributed by atoms with Crippen LogP contribution in [0, 0.1) is 0 Å². The van der Waals surface area contributed by atoms with E-state index < -0.39 is 0 Å². The van der Waals surface area contributed by atoms with Gasteiger partial charge in [0, 0.05) is 10.2 Å². The Bertz CT molecular complexity index is 1300. The van der Waals surface area contributed by atoms with Crippen molar-refractivity contribution in [3.63, 3.8) is 0 Å². The van der Waals surface area contributed by atoms with E-state index in [9.17, 15) is 9.59 Å². The number of ether oxygens (including phenoxy) is 2. The fourth-order valence-corrected chi connectivity index (χ4v) is 3.29. The van der Waals surface area contributed by atoms with Crippen LogP contribution in [0.25, 0.3) is 10.9 Å². The summed E-state index contributed by atoms with van der Waals surface area (Å²) in [6.45, 7) is -0.247. The van der Waals surface area contributed by atoms with Gasteiger partial charge in [0.1, 0.15) is 11.5 Å². The largest absolute Gasteiger partial charge is 2.00 e. The monoisotopic (exact) mass is 738 g/mol. The van der Waals surface area contributed by atoms with E-state index in [1.165, 1.54) is 0 Å². The molecule has 0 aromatic heterocycles. The molecular weight excluding hydrogens is 706 g/mol. The Labute approximate surface area is 284 Å². The maximum absolute atomic E-state index is 11.6. The van der Waals surface area contributed by atoms with E-state index in [2.05, 4.69) is 32.3 Å². The van der Waals surface area contributed by atoms with E-state index >= 15 is 0 Å². The zero-order valence-corrected chi connectivity index (χ0v) is 27.0. The molecule has 0 atom stereocenters. The Morgan fingerprint density at radius 2 is 0.822 bits per heavy atom. The summed E-state index contributed by atoms with van der Waals surface area (Å²) in [5, 5.41) is 6.11. The normalized spacial score (nSPS) is 8.89. The van der Waals surface area contributed by atoms with Crippen LogP contribution in [0.15, 0.2) is 121 Å². The maximum atomic E-state index is 11.6. The topological polar surface area (TPSA) is 192 Å². The Kier molecular flexibility index (Phi) is 21.3.